The number of nitrogen functional groups attached to an aromatic ring is 1. The molecule has 0 amide bonds. The van der Waals surface area contributed by atoms with E-state index in [1.165, 1.54) is 0 Å². The van der Waals surface area contributed by atoms with Gasteiger partial charge < -0.3 is 5.73 Å². The van der Waals surface area contributed by atoms with Crippen molar-refractivity contribution in [2.45, 2.75) is 20.4 Å². The van der Waals surface area contributed by atoms with Gasteiger partial charge in [-0.1, -0.05) is 6.92 Å². The molecule has 0 aliphatic heterocycles. The quantitative estimate of drug-likeness (QED) is 0.850. The Bertz CT molecular complexity index is 683. The van der Waals surface area contributed by atoms with Gasteiger partial charge in [-0.2, -0.15) is 5.10 Å². The van der Waals surface area contributed by atoms with Crippen molar-refractivity contribution in [2.24, 2.45) is 7.05 Å². The molecule has 100 valence electrons. The maximum atomic E-state index is 11.5. The summed E-state index contributed by atoms with van der Waals surface area (Å²) in [6.07, 6.45) is 0. The molecule has 7 nitrogen and oxygen atoms in total. The first kappa shape index (κ1) is 12.9. The average Bonchev–Trinajstić information content (AvgIpc) is 2.76. The van der Waals surface area contributed by atoms with Crippen molar-refractivity contribution in [3.8, 4) is 0 Å². The van der Waals surface area contributed by atoms with Gasteiger partial charge in [-0.15, -0.1) is 0 Å². The first-order chi connectivity index (χ1) is 8.35. The molecule has 0 unspecified atom stereocenters. The first-order valence-corrected chi connectivity index (χ1v) is 7.53. The van der Waals surface area contributed by atoms with Crippen LogP contribution in [-0.2, 0) is 23.4 Å². The lowest BCUT2D eigenvalue weighted by molar-refractivity contribution is 0.590. The fourth-order valence-corrected chi connectivity index (χ4v) is 2.70. The lowest BCUT2D eigenvalue weighted by Gasteiger charge is -2.06. The molecule has 2 heterocycles. The van der Waals surface area contributed by atoms with Gasteiger partial charge in [0.25, 0.3) is 0 Å². The topological polar surface area (TPSA) is 95.8 Å². The Morgan fingerprint density at radius 1 is 1.39 bits per heavy atom. The first-order valence-electron chi connectivity index (χ1n) is 5.71. The van der Waals surface area contributed by atoms with Crippen LogP contribution >= 0.6 is 0 Å². The summed E-state index contributed by atoms with van der Waals surface area (Å²) >= 11 is 0. The summed E-state index contributed by atoms with van der Waals surface area (Å²) in [7, 11) is -1.23. The number of nitrogens with zero attached hydrogens (tertiary/aromatic N) is 4. The van der Waals surface area contributed by atoms with Gasteiger partial charge >= 0.3 is 0 Å². The zero-order chi connectivity index (χ0) is 13.5. The predicted octanol–water partition coefficient (Wildman–Crippen LogP) is 0.0951. The summed E-state index contributed by atoms with van der Waals surface area (Å²) in [5.41, 5.74) is 8.10. The average molecular weight is 271 g/mol. The van der Waals surface area contributed by atoms with E-state index in [4.69, 9.17) is 5.73 Å². The van der Waals surface area contributed by atoms with Crippen LogP contribution in [0.1, 0.15) is 12.6 Å². The highest BCUT2D eigenvalue weighted by molar-refractivity contribution is 7.91. The lowest BCUT2D eigenvalue weighted by atomic mass is 10.4. The van der Waals surface area contributed by atoms with Crippen LogP contribution in [0.25, 0.3) is 11.2 Å². The molecule has 2 aromatic heterocycles. The summed E-state index contributed by atoms with van der Waals surface area (Å²) < 4.78 is 26.4. The molecular formula is C10H17N5O2S. The number of aromatic nitrogens is 4. The SMILES string of the molecule is CCS(=O)(=O)CCn1c(N)nc2c(C)nn(C)c21. The second-order valence-corrected chi connectivity index (χ2v) is 6.71. The van der Waals surface area contributed by atoms with E-state index >= 15 is 0 Å². The van der Waals surface area contributed by atoms with Crippen molar-refractivity contribution >= 4 is 26.9 Å². The van der Waals surface area contributed by atoms with Gasteiger partial charge in [0.2, 0.25) is 5.95 Å². The van der Waals surface area contributed by atoms with Gasteiger partial charge in [0.05, 0.1) is 11.4 Å². The third kappa shape index (κ3) is 2.07. The van der Waals surface area contributed by atoms with Crippen molar-refractivity contribution < 1.29 is 8.42 Å². The predicted molar refractivity (Wildman–Crippen MR) is 70.0 cm³/mol. The third-order valence-electron chi connectivity index (χ3n) is 2.99. The Morgan fingerprint density at radius 3 is 2.67 bits per heavy atom. The van der Waals surface area contributed by atoms with E-state index in [2.05, 4.69) is 10.1 Å². The van der Waals surface area contributed by atoms with E-state index in [1.54, 1.807) is 23.2 Å². The van der Waals surface area contributed by atoms with Crippen LogP contribution in [-0.4, -0.2) is 39.3 Å². The smallest absolute Gasteiger partial charge is 0.202 e. The standard InChI is InChI=1S/C10H17N5O2S/c1-4-18(16,17)6-5-15-9-8(12-10(15)11)7(2)13-14(9)3/h4-6H2,1-3H3,(H2,11,12). The zero-order valence-corrected chi connectivity index (χ0v) is 11.5. The number of nitrogens with two attached hydrogens (primary N) is 1. The molecule has 0 radical (unpaired) electrons. The summed E-state index contributed by atoms with van der Waals surface area (Å²) in [5.74, 6) is 0.519. The third-order valence-corrected chi connectivity index (χ3v) is 4.67. The molecule has 0 atom stereocenters. The van der Waals surface area contributed by atoms with E-state index in [0.29, 0.717) is 12.5 Å². The molecule has 18 heavy (non-hydrogen) atoms. The maximum Gasteiger partial charge on any atom is 0.202 e. The summed E-state index contributed by atoms with van der Waals surface area (Å²) in [4.78, 5) is 4.22. The summed E-state index contributed by atoms with van der Waals surface area (Å²) in [5, 5.41) is 4.24. The van der Waals surface area contributed by atoms with Crippen LogP contribution in [0.5, 0.6) is 0 Å². The van der Waals surface area contributed by atoms with Gasteiger partial charge in [0, 0.05) is 19.3 Å². The largest absolute Gasteiger partial charge is 0.369 e. The van der Waals surface area contributed by atoms with E-state index in [0.717, 1.165) is 16.9 Å². The van der Waals surface area contributed by atoms with Gasteiger partial charge in [-0.05, 0) is 6.92 Å². The Hall–Kier alpha value is -1.57. The number of aryl methyl sites for hydroxylation is 3. The van der Waals surface area contributed by atoms with Crippen LogP contribution in [0.4, 0.5) is 5.95 Å². The molecular weight excluding hydrogens is 254 g/mol. The van der Waals surface area contributed by atoms with E-state index in [1.807, 2.05) is 6.92 Å². The Morgan fingerprint density at radius 2 is 2.06 bits per heavy atom. The molecule has 2 rings (SSSR count). The number of sulfone groups is 1. The molecule has 0 aliphatic carbocycles. The van der Waals surface area contributed by atoms with Crippen LogP contribution < -0.4 is 5.73 Å². The second kappa shape index (κ2) is 4.27. The highest BCUT2D eigenvalue weighted by atomic mass is 32.2. The molecule has 2 N–H and O–H groups in total. The fourth-order valence-electron chi connectivity index (χ4n) is 1.95. The van der Waals surface area contributed by atoms with Gasteiger partial charge in [-0.25, -0.2) is 13.4 Å². The number of imidazole rings is 1. The van der Waals surface area contributed by atoms with Gasteiger partial charge in [-0.3, -0.25) is 9.25 Å². The van der Waals surface area contributed by atoms with Crippen LogP contribution in [0.15, 0.2) is 0 Å². The molecule has 0 bridgehead atoms. The Labute approximate surface area is 106 Å². The molecule has 2 aromatic rings. The Balaban J connectivity index is 2.42. The molecule has 0 fully saturated rings. The summed E-state index contributed by atoms with van der Waals surface area (Å²) in [6, 6.07) is 0. The van der Waals surface area contributed by atoms with Gasteiger partial charge in [0.1, 0.15) is 5.52 Å². The Kier molecular flexibility index (Phi) is 3.05. The van der Waals surface area contributed by atoms with Crippen molar-refractivity contribution in [3.63, 3.8) is 0 Å². The number of rotatable bonds is 4. The number of fused-ring (bicyclic) bond motifs is 1. The molecule has 0 aromatic carbocycles. The van der Waals surface area contributed by atoms with E-state index in [9.17, 15) is 8.42 Å². The van der Waals surface area contributed by atoms with Crippen molar-refractivity contribution in [3.05, 3.63) is 5.69 Å². The van der Waals surface area contributed by atoms with Crippen LogP contribution in [0.3, 0.4) is 0 Å². The van der Waals surface area contributed by atoms with Crippen LogP contribution in [0.2, 0.25) is 0 Å². The van der Waals surface area contributed by atoms with E-state index in [-0.39, 0.29) is 11.5 Å². The van der Waals surface area contributed by atoms with E-state index < -0.39 is 9.84 Å². The highest BCUT2D eigenvalue weighted by Gasteiger charge is 2.17. The minimum atomic E-state index is -3.02. The number of hydrogen-bond acceptors (Lipinski definition) is 5. The maximum absolute atomic E-state index is 11.5. The molecule has 0 aliphatic rings. The second-order valence-electron chi connectivity index (χ2n) is 4.24. The highest BCUT2D eigenvalue weighted by Crippen LogP contribution is 2.20. The number of hydrogen-bond donors (Lipinski definition) is 1. The lowest BCUT2D eigenvalue weighted by Crippen LogP contribution is -2.16. The monoisotopic (exact) mass is 271 g/mol. The van der Waals surface area contributed by atoms with Crippen molar-refractivity contribution in [1.29, 1.82) is 0 Å². The fraction of sp³-hybridized carbons (Fsp3) is 0.600. The minimum absolute atomic E-state index is 0.0589. The normalized spacial score (nSPS) is 12.4. The van der Waals surface area contributed by atoms with Crippen LogP contribution in [0, 0.1) is 6.92 Å². The number of anilines is 1. The van der Waals surface area contributed by atoms with Crippen molar-refractivity contribution in [1.82, 2.24) is 19.3 Å². The molecule has 0 saturated heterocycles. The summed E-state index contributed by atoms with van der Waals surface area (Å²) in [6.45, 7) is 3.79. The zero-order valence-electron chi connectivity index (χ0n) is 10.7. The molecule has 0 saturated carbocycles. The van der Waals surface area contributed by atoms with Crippen molar-refractivity contribution in [2.75, 3.05) is 17.2 Å². The molecule has 8 heteroatoms. The van der Waals surface area contributed by atoms with Gasteiger partial charge in [0.15, 0.2) is 15.5 Å². The molecule has 0 spiro atoms. The minimum Gasteiger partial charge on any atom is -0.369 e.